The smallest absolute Gasteiger partial charge is 0.321 e. The molecule has 1 aromatic rings. The average molecular weight is 382 g/mol. The van der Waals surface area contributed by atoms with Crippen LogP contribution < -0.4 is 5.32 Å². The number of carboxylic acid groups (broad SMARTS) is 1. The highest BCUT2D eigenvalue weighted by atomic mass is 35.5. The number of benzene rings is 1. The lowest BCUT2D eigenvalue weighted by molar-refractivity contribution is -0.137. The summed E-state index contributed by atoms with van der Waals surface area (Å²) in [4.78, 5) is 38.5. The number of urea groups is 1. The van der Waals surface area contributed by atoms with Crippen LogP contribution in [-0.4, -0.2) is 60.0 Å². The fourth-order valence-corrected chi connectivity index (χ4v) is 3.18. The second-order valence-electron chi connectivity index (χ2n) is 6.71. The number of piperidine rings is 1. The Labute approximate surface area is 157 Å². The summed E-state index contributed by atoms with van der Waals surface area (Å²) < 4.78 is 0. The van der Waals surface area contributed by atoms with Crippen molar-refractivity contribution in [1.29, 1.82) is 0 Å². The molecule has 142 valence electrons. The molecule has 1 aliphatic heterocycles. The maximum Gasteiger partial charge on any atom is 0.321 e. The maximum atomic E-state index is 12.9. The second kappa shape index (κ2) is 8.89. The molecule has 1 aromatic carbocycles. The Kier molecular flexibility index (Phi) is 6.85. The van der Waals surface area contributed by atoms with Gasteiger partial charge in [0.1, 0.15) is 0 Å². The van der Waals surface area contributed by atoms with Gasteiger partial charge in [-0.1, -0.05) is 11.6 Å². The van der Waals surface area contributed by atoms with Crippen LogP contribution in [0.15, 0.2) is 18.2 Å². The van der Waals surface area contributed by atoms with Crippen LogP contribution in [0.25, 0.3) is 0 Å². The van der Waals surface area contributed by atoms with Crippen LogP contribution in [0.5, 0.6) is 0 Å². The van der Waals surface area contributed by atoms with Crippen molar-refractivity contribution in [1.82, 2.24) is 9.80 Å². The van der Waals surface area contributed by atoms with E-state index in [1.54, 1.807) is 37.2 Å². The lowest BCUT2D eigenvalue weighted by Gasteiger charge is -2.33. The second-order valence-corrected chi connectivity index (χ2v) is 7.12. The first-order valence-electron chi connectivity index (χ1n) is 8.57. The largest absolute Gasteiger partial charge is 0.481 e. The number of hydrogen-bond donors (Lipinski definition) is 2. The molecule has 0 aliphatic carbocycles. The monoisotopic (exact) mass is 381 g/mol. The predicted molar refractivity (Wildman–Crippen MR) is 99.7 cm³/mol. The SMILES string of the molecule is CN(C)C(=O)Nc1ccc(Cl)c(C(=O)N2CCCC(CCC(=O)O)C2)c1. The number of carbonyl (C=O) groups excluding carboxylic acids is 2. The Morgan fingerprint density at radius 1 is 1.35 bits per heavy atom. The molecular formula is C18H24ClN3O4. The summed E-state index contributed by atoms with van der Waals surface area (Å²) in [6, 6.07) is 4.52. The molecule has 1 unspecified atom stereocenters. The first kappa shape index (κ1) is 20.0. The van der Waals surface area contributed by atoms with E-state index in [0.717, 1.165) is 12.8 Å². The van der Waals surface area contributed by atoms with Gasteiger partial charge in [-0.2, -0.15) is 0 Å². The van der Waals surface area contributed by atoms with Gasteiger partial charge in [-0.25, -0.2) is 4.79 Å². The number of likely N-dealkylation sites (tertiary alicyclic amines) is 1. The Hall–Kier alpha value is -2.28. The fraction of sp³-hybridized carbons (Fsp3) is 0.500. The van der Waals surface area contributed by atoms with Crippen LogP contribution in [0.1, 0.15) is 36.0 Å². The fourth-order valence-electron chi connectivity index (χ4n) is 2.99. The molecule has 1 atom stereocenters. The summed E-state index contributed by atoms with van der Waals surface area (Å²) in [5, 5.41) is 11.9. The lowest BCUT2D eigenvalue weighted by atomic mass is 9.93. The summed E-state index contributed by atoms with van der Waals surface area (Å²) in [6.07, 6.45) is 2.43. The third kappa shape index (κ3) is 5.36. The summed E-state index contributed by atoms with van der Waals surface area (Å²) in [5.74, 6) is -0.837. The molecule has 3 amide bonds. The molecule has 2 N–H and O–H groups in total. The van der Waals surface area contributed by atoms with Gasteiger partial charge in [0.25, 0.3) is 5.91 Å². The highest BCUT2D eigenvalue weighted by Gasteiger charge is 2.26. The number of aliphatic carboxylic acids is 1. The standard InChI is InChI=1S/C18H24ClN3O4/c1-21(2)18(26)20-13-6-7-15(19)14(10-13)17(25)22-9-3-4-12(11-22)5-8-16(23)24/h6-7,10,12H,3-5,8-9,11H2,1-2H3,(H,20,26)(H,23,24). The summed E-state index contributed by atoms with van der Waals surface area (Å²) in [5.41, 5.74) is 0.831. The molecule has 1 aliphatic rings. The molecule has 2 rings (SSSR count). The Balaban J connectivity index is 2.10. The van der Waals surface area contributed by atoms with Gasteiger partial charge in [-0.3, -0.25) is 9.59 Å². The number of rotatable bonds is 5. The molecule has 0 aromatic heterocycles. The molecule has 1 heterocycles. The van der Waals surface area contributed by atoms with E-state index in [9.17, 15) is 14.4 Å². The van der Waals surface area contributed by atoms with E-state index < -0.39 is 5.97 Å². The van der Waals surface area contributed by atoms with Gasteiger partial charge in [0.2, 0.25) is 0 Å². The van der Waals surface area contributed by atoms with Crippen LogP contribution in [0.2, 0.25) is 5.02 Å². The van der Waals surface area contributed by atoms with Gasteiger partial charge in [0, 0.05) is 39.3 Å². The molecule has 1 saturated heterocycles. The number of nitrogens with one attached hydrogen (secondary N) is 1. The normalized spacial score (nSPS) is 16.9. The number of amides is 3. The topological polar surface area (TPSA) is 90.0 Å². The van der Waals surface area contributed by atoms with Crippen LogP contribution >= 0.6 is 11.6 Å². The minimum Gasteiger partial charge on any atom is -0.481 e. The van der Waals surface area contributed by atoms with E-state index >= 15 is 0 Å². The molecule has 7 nitrogen and oxygen atoms in total. The first-order valence-corrected chi connectivity index (χ1v) is 8.94. The van der Waals surface area contributed by atoms with Crippen molar-refractivity contribution >= 4 is 35.2 Å². The Morgan fingerprint density at radius 3 is 2.73 bits per heavy atom. The maximum absolute atomic E-state index is 12.9. The summed E-state index contributed by atoms with van der Waals surface area (Å²) in [7, 11) is 3.25. The van der Waals surface area contributed by atoms with E-state index in [2.05, 4.69) is 5.32 Å². The van der Waals surface area contributed by atoms with Crippen LogP contribution in [0.4, 0.5) is 10.5 Å². The van der Waals surface area contributed by atoms with Crippen molar-refractivity contribution in [3.05, 3.63) is 28.8 Å². The zero-order valence-corrected chi connectivity index (χ0v) is 15.8. The zero-order chi connectivity index (χ0) is 19.3. The average Bonchev–Trinajstić information content (AvgIpc) is 2.61. The lowest BCUT2D eigenvalue weighted by Crippen LogP contribution is -2.40. The highest BCUT2D eigenvalue weighted by Crippen LogP contribution is 2.26. The van der Waals surface area contributed by atoms with Crippen molar-refractivity contribution in [3.8, 4) is 0 Å². The van der Waals surface area contributed by atoms with E-state index in [4.69, 9.17) is 16.7 Å². The van der Waals surface area contributed by atoms with Crippen molar-refractivity contribution in [2.45, 2.75) is 25.7 Å². The molecule has 1 fully saturated rings. The quantitative estimate of drug-likeness (QED) is 0.819. The minimum atomic E-state index is -0.819. The Morgan fingerprint density at radius 2 is 2.08 bits per heavy atom. The number of hydrogen-bond acceptors (Lipinski definition) is 3. The van der Waals surface area contributed by atoms with Crippen molar-refractivity contribution < 1.29 is 19.5 Å². The predicted octanol–water partition coefficient (Wildman–Crippen LogP) is 3.15. The first-order chi connectivity index (χ1) is 12.3. The third-order valence-corrected chi connectivity index (χ3v) is 4.76. The molecular weight excluding hydrogens is 358 g/mol. The van der Waals surface area contributed by atoms with Gasteiger partial charge in [0.15, 0.2) is 0 Å². The number of anilines is 1. The van der Waals surface area contributed by atoms with Gasteiger partial charge in [-0.05, 0) is 43.4 Å². The van der Waals surface area contributed by atoms with E-state index in [0.29, 0.717) is 35.8 Å². The molecule has 0 saturated carbocycles. The zero-order valence-electron chi connectivity index (χ0n) is 15.0. The van der Waals surface area contributed by atoms with Crippen molar-refractivity contribution in [3.63, 3.8) is 0 Å². The molecule has 0 radical (unpaired) electrons. The highest BCUT2D eigenvalue weighted by molar-refractivity contribution is 6.34. The molecule has 26 heavy (non-hydrogen) atoms. The van der Waals surface area contributed by atoms with Gasteiger partial charge in [0.05, 0.1) is 10.6 Å². The number of nitrogens with zero attached hydrogens (tertiary/aromatic N) is 2. The molecule has 8 heteroatoms. The summed E-state index contributed by atoms with van der Waals surface area (Å²) in [6.45, 7) is 1.14. The van der Waals surface area contributed by atoms with Crippen LogP contribution in [0, 0.1) is 5.92 Å². The summed E-state index contributed by atoms with van der Waals surface area (Å²) >= 11 is 6.20. The van der Waals surface area contributed by atoms with Crippen molar-refractivity contribution in [2.24, 2.45) is 5.92 Å². The van der Waals surface area contributed by atoms with E-state index in [1.807, 2.05) is 0 Å². The van der Waals surface area contributed by atoms with Crippen LogP contribution in [-0.2, 0) is 4.79 Å². The van der Waals surface area contributed by atoms with Crippen LogP contribution in [0.3, 0.4) is 0 Å². The number of halogens is 1. The van der Waals surface area contributed by atoms with Crippen molar-refractivity contribution in [2.75, 3.05) is 32.5 Å². The van der Waals surface area contributed by atoms with Gasteiger partial charge >= 0.3 is 12.0 Å². The number of carbonyl (C=O) groups is 3. The Bertz CT molecular complexity index is 693. The van der Waals surface area contributed by atoms with Gasteiger partial charge in [-0.15, -0.1) is 0 Å². The minimum absolute atomic E-state index is 0.111. The van der Waals surface area contributed by atoms with E-state index in [-0.39, 0.29) is 24.3 Å². The third-order valence-electron chi connectivity index (χ3n) is 4.43. The molecule has 0 spiro atoms. The van der Waals surface area contributed by atoms with E-state index in [1.165, 1.54) is 4.90 Å². The number of carboxylic acids is 1. The van der Waals surface area contributed by atoms with Gasteiger partial charge < -0.3 is 20.2 Å². The molecule has 0 bridgehead atoms.